The van der Waals surface area contributed by atoms with Crippen molar-refractivity contribution in [3.8, 4) is 0 Å². The van der Waals surface area contributed by atoms with E-state index in [-0.39, 0.29) is 17.3 Å². The molecule has 1 saturated carbocycles. The molecule has 1 aromatic heterocycles. The van der Waals surface area contributed by atoms with Crippen LogP contribution in [-0.2, 0) is 4.79 Å². The third-order valence-electron chi connectivity index (χ3n) is 5.44. The van der Waals surface area contributed by atoms with Crippen LogP contribution in [0.4, 0.5) is 13.2 Å². The van der Waals surface area contributed by atoms with Crippen LogP contribution in [0.3, 0.4) is 0 Å². The lowest BCUT2D eigenvalue weighted by Gasteiger charge is -2.24. The molecule has 3 atom stereocenters. The number of rotatable bonds is 4. The first kappa shape index (κ1) is 19.4. The third kappa shape index (κ3) is 4.31. The summed E-state index contributed by atoms with van der Waals surface area (Å²) in [5.74, 6) is -2.63. The highest BCUT2D eigenvalue weighted by Gasteiger charge is 2.36. The monoisotopic (exact) mass is 377 g/mol. The maximum Gasteiger partial charge on any atom is 0.307 e. The Labute approximate surface area is 156 Å². The number of carboxylic acid groups (broad SMARTS) is 1. The molecular formula is C21H22F3NO2. The average Bonchev–Trinajstić information content (AvgIpc) is 2.85. The minimum Gasteiger partial charge on any atom is -0.481 e. The fraction of sp³-hybridized carbons (Fsp3) is 0.429. The second-order valence-corrected chi connectivity index (χ2v) is 7.26. The molecule has 1 aromatic carbocycles. The van der Waals surface area contributed by atoms with E-state index in [1.807, 2.05) is 0 Å². The summed E-state index contributed by atoms with van der Waals surface area (Å²) in [7, 11) is 0. The zero-order valence-electron chi connectivity index (χ0n) is 15.0. The summed E-state index contributed by atoms with van der Waals surface area (Å²) < 4.78 is 39.9. The van der Waals surface area contributed by atoms with E-state index in [4.69, 9.17) is 0 Å². The van der Waals surface area contributed by atoms with Crippen LogP contribution in [-0.4, -0.2) is 16.1 Å². The SMILES string of the molecule is Cc1ccc([C@@H]2CCCC(c3ccc(C(F)F)cn3)C[C@H]2C(=O)O)c(F)c1. The molecule has 3 nitrogen and oxygen atoms in total. The fourth-order valence-electron chi connectivity index (χ4n) is 4.01. The number of hydrogen-bond acceptors (Lipinski definition) is 2. The minimum atomic E-state index is -2.58. The molecule has 1 fully saturated rings. The summed E-state index contributed by atoms with van der Waals surface area (Å²) in [6.45, 7) is 1.79. The van der Waals surface area contributed by atoms with Crippen LogP contribution in [0.25, 0.3) is 0 Å². The number of nitrogens with zero attached hydrogens (tertiary/aromatic N) is 1. The standard InChI is InChI=1S/C21H22F3NO2/c1-12-5-7-16(18(22)9-12)15-4-2-3-13(10-17(15)21(26)27)19-8-6-14(11-25-19)20(23)24/h5-9,11,13,15,17,20H,2-4,10H2,1H3,(H,26,27)/t13?,15-,17+/m0/s1. The van der Waals surface area contributed by atoms with E-state index in [9.17, 15) is 23.1 Å². The lowest BCUT2D eigenvalue weighted by molar-refractivity contribution is -0.142. The molecule has 0 saturated heterocycles. The number of carbonyl (C=O) groups is 1. The number of aliphatic carboxylic acids is 1. The third-order valence-corrected chi connectivity index (χ3v) is 5.44. The van der Waals surface area contributed by atoms with Gasteiger partial charge in [-0.1, -0.05) is 18.6 Å². The first-order valence-corrected chi connectivity index (χ1v) is 9.09. The van der Waals surface area contributed by atoms with Gasteiger partial charge in [0.05, 0.1) is 5.92 Å². The van der Waals surface area contributed by atoms with Crippen molar-refractivity contribution in [3.05, 3.63) is 64.7 Å². The van der Waals surface area contributed by atoms with Gasteiger partial charge in [0, 0.05) is 29.3 Å². The van der Waals surface area contributed by atoms with Crippen molar-refractivity contribution < 1.29 is 23.1 Å². The van der Waals surface area contributed by atoms with Gasteiger partial charge in [0.15, 0.2) is 0 Å². The minimum absolute atomic E-state index is 0.142. The van der Waals surface area contributed by atoms with Gasteiger partial charge in [0.1, 0.15) is 5.82 Å². The summed E-state index contributed by atoms with van der Waals surface area (Å²) in [6.07, 6.45) is 0.884. The Hall–Kier alpha value is -2.37. The van der Waals surface area contributed by atoms with Crippen LogP contribution in [0.1, 0.15) is 66.3 Å². The van der Waals surface area contributed by atoms with E-state index < -0.39 is 24.2 Å². The summed E-state index contributed by atoms with van der Waals surface area (Å²) in [5, 5.41) is 9.78. The largest absolute Gasteiger partial charge is 0.481 e. The molecule has 1 heterocycles. The highest BCUT2D eigenvalue weighted by molar-refractivity contribution is 5.71. The van der Waals surface area contributed by atoms with Gasteiger partial charge in [-0.3, -0.25) is 9.78 Å². The van der Waals surface area contributed by atoms with Gasteiger partial charge in [0.2, 0.25) is 0 Å². The molecule has 1 N–H and O–H groups in total. The molecule has 1 unspecified atom stereocenters. The van der Waals surface area contributed by atoms with Crippen molar-refractivity contribution in [2.75, 3.05) is 0 Å². The fourth-order valence-corrected chi connectivity index (χ4v) is 4.01. The molecule has 144 valence electrons. The Morgan fingerprint density at radius 1 is 1.22 bits per heavy atom. The van der Waals surface area contributed by atoms with Gasteiger partial charge in [-0.25, -0.2) is 13.2 Å². The second kappa shape index (κ2) is 8.11. The summed E-state index contributed by atoms with van der Waals surface area (Å²) in [6, 6.07) is 7.80. The Bertz CT molecular complexity index is 808. The van der Waals surface area contributed by atoms with Crippen molar-refractivity contribution >= 4 is 5.97 Å². The Morgan fingerprint density at radius 3 is 2.59 bits per heavy atom. The molecule has 27 heavy (non-hydrogen) atoms. The number of pyridine rings is 1. The summed E-state index contributed by atoms with van der Waals surface area (Å²) >= 11 is 0. The van der Waals surface area contributed by atoms with E-state index in [0.29, 0.717) is 30.5 Å². The molecule has 0 amide bonds. The number of benzene rings is 1. The van der Waals surface area contributed by atoms with Crippen LogP contribution in [0.15, 0.2) is 36.5 Å². The van der Waals surface area contributed by atoms with Crippen LogP contribution in [0.2, 0.25) is 0 Å². The van der Waals surface area contributed by atoms with Crippen LogP contribution in [0, 0.1) is 18.7 Å². The molecule has 1 aliphatic carbocycles. The molecule has 0 spiro atoms. The van der Waals surface area contributed by atoms with Crippen LogP contribution >= 0.6 is 0 Å². The first-order chi connectivity index (χ1) is 12.9. The highest BCUT2D eigenvalue weighted by atomic mass is 19.3. The van der Waals surface area contributed by atoms with E-state index >= 15 is 0 Å². The van der Waals surface area contributed by atoms with Crippen molar-refractivity contribution in [3.63, 3.8) is 0 Å². The second-order valence-electron chi connectivity index (χ2n) is 7.26. The molecule has 3 rings (SSSR count). The van der Waals surface area contributed by atoms with E-state index in [1.54, 1.807) is 25.1 Å². The van der Waals surface area contributed by atoms with E-state index in [2.05, 4.69) is 4.98 Å². The number of halogens is 3. The molecule has 0 radical (unpaired) electrons. The normalized spacial score (nSPS) is 23.2. The van der Waals surface area contributed by atoms with Crippen LogP contribution in [0.5, 0.6) is 0 Å². The van der Waals surface area contributed by atoms with Gasteiger partial charge < -0.3 is 5.11 Å². The van der Waals surface area contributed by atoms with Gasteiger partial charge in [-0.05, 0) is 55.5 Å². The number of aromatic nitrogens is 1. The Kier molecular flexibility index (Phi) is 5.82. The number of aryl methyl sites for hydroxylation is 1. The van der Waals surface area contributed by atoms with Crippen LogP contribution < -0.4 is 0 Å². The lowest BCUT2D eigenvalue weighted by Crippen LogP contribution is -2.23. The Balaban J connectivity index is 1.87. The van der Waals surface area contributed by atoms with Gasteiger partial charge in [-0.2, -0.15) is 0 Å². The summed E-state index contributed by atoms with van der Waals surface area (Å²) in [4.78, 5) is 16.1. The highest BCUT2D eigenvalue weighted by Crippen LogP contribution is 2.43. The summed E-state index contributed by atoms with van der Waals surface area (Å²) in [5.41, 5.74) is 1.70. The topological polar surface area (TPSA) is 50.2 Å². The van der Waals surface area contributed by atoms with E-state index in [0.717, 1.165) is 18.2 Å². The zero-order valence-corrected chi connectivity index (χ0v) is 15.0. The number of carboxylic acids is 1. The maximum atomic E-state index is 14.5. The van der Waals surface area contributed by atoms with Gasteiger partial charge in [0.25, 0.3) is 6.43 Å². The van der Waals surface area contributed by atoms with Crippen molar-refractivity contribution in [2.24, 2.45) is 5.92 Å². The average molecular weight is 377 g/mol. The van der Waals surface area contributed by atoms with Gasteiger partial charge >= 0.3 is 5.97 Å². The molecule has 1 aliphatic rings. The quantitative estimate of drug-likeness (QED) is 0.705. The maximum absolute atomic E-state index is 14.5. The predicted molar refractivity (Wildman–Crippen MR) is 95.4 cm³/mol. The smallest absolute Gasteiger partial charge is 0.307 e. The van der Waals surface area contributed by atoms with Crippen molar-refractivity contribution in [1.29, 1.82) is 0 Å². The molecule has 0 bridgehead atoms. The van der Waals surface area contributed by atoms with Crippen molar-refractivity contribution in [1.82, 2.24) is 4.98 Å². The predicted octanol–water partition coefficient (Wildman–Crippen LogP) is 5.61. The zero-order chi connectivity index (χ0) is 19.6. The molecule has 2 aromatic rings. The van der Waals surface area contributed by atoms with Gasteiger partial charge in [-0.15, -0.1) is 0 Å². The molecule has 0 aliphatic heterocycles. The molecular weight excluding hydrogens is 355 g/mol. The lowest BCUT2D eigenvalue weighted by atomic mass is 9.80. The number of hydrogen-bond donors (Lipinski definition) is 1. The molecule has 6 heteroatoms. The van der Waals surface area contributed by atoms with E-state index in [1.165, 1.54) is 12.1 Å². The first-order valence-electron chi connectivity index (χ1n) is 9.09. The number of alkyl halides is 2. The Morgan fingerprint density at radius 2 is 2.00 bits per heavy atom. The van der Waals surface area contributed by atoms with Crippen molar-refractivity contribution in [2.45, 2.75) is 50.9 Å².